The van der Waals surface area contributed by atoms with Crippen LogP contribution in [-0.4, -0.2) is 37.2 Å². The van der Waals surface area contributed by atoms with E-state index in [-0.39, 0.29) is 0 Å². The van der Waals surface area contributed by atoms with E-state index in [9.17, 15) is 0 Å². The SMILES string of the molecule is Cc1sc(CNC(C)C)cc1COCCC1CCCN1C. The summed E-state index contributed by atoms with van der Waals surface area (Å²) in [7, 11) is 2.23. The fraction of sp³-hybridized carbons (Fsp3) is 0.765. The van der Waals surface area contributed by atoms with Crippen molar-refractivity contribution in [1.29, 1.82) is 0 Å². The topological polar surface area (TPSA) is 24.5 Å². The molecule has 1 aromatic heterocycles. The molecule has 21 heavy (non-hydrogen) atoms. The molecule has 1 unspecified atom stereocenters. The molecule has 0 spiro atoms. The van der Waals surface area contributed by atoms with Crippen LogP contribution in [0.3, 0.4) is 0 Å². The number of likely N-dealkylation sites (tertiary alicyclic amines) is 1. The third-order valence-electron chi connectivity index (χ3n) is 4.28. The molecule has 0 bridgehead atoms. The lowest BCUT2D eigenvalue weighted by atomic mass is 10.1. The lowest BCUT2D eigenvalue weighted by Gasteiger charge is -2.18. The van der Waals surface area contributed by atoms with Gasteiger partial charge < -0.3 is 15.0 Å². The third-order valence-corrected chi connectivity index (χ3v) is 5.37. The van der Waals surface area contributed by atoms with E-state index in [1.54, 1.807) is 0 Å². The van der Waals surface area contributed by atoms with E-state index < -0.39 is 0 Å². The summed E-state index contributed by atoms with van der Waals surface area (Å²) in [5, 5.41) is 3.48. The Labute approximate surface area is 133 Å². The Morgan fingerprint density at radius 3 is 2.95 bits per heavy atom. The fourth-order valence-corrected chi connectivity index (χ4v) is 3.87. The number of thiophene rings is 1. The van der Waals surface area contributed by atoms with E-state index >= 15 is 0 Å². The smallest absolute Gasteiger partial charge is 0.0727 e. The maximum Gasteiger partial charge on any atom is 0.0727 e. The van der Waals surface area contributed by atoms with Crippen LogP contribution in [0.25, 0.3) is 0 Å². The molecule has 3 nitrogen and oxygen atoms in total. The molecule has 1 aliphatic heterocycles. The van der Waals surface area contributed by atoms with Gasteiger partial charge in [-0.2, -0.15) is 0 Å². The molecule has 1 atom stereocenters. The first-order chi connectivity index (χ1) is 10.1. The number of hydrogen-bond acceptors (Lipinski definition) is 4. The molecule has 0 radical (unpaired) electrons. The van der Waals surface area contributed by atoms with Crippen LogP contribution >= 0.6 is 11.3 Å². The van der Waals surface area contributed by atoms with Crippen molar-refractivity contribution in [1.82, 2.24) is 10.2 Å². The van der Waals surface area contributed by atoms with Gasteiger partial charge in [-0.05, 0) is 51.4 Å². The van der Waals surface area contributed by atoms with Gasteiger partial charge in [-0.1, -0.05) is 13.8 Å². The Hall–Kier alpha value is -0.420. The molecule has 0 aliphatic carbocycles. The molecule has 1 aliphatic rings. The van der Waals surface area contributed by atoms with Gasteiger partial charge in [0.1, 0.15) is 0 Å². The van der Waals surface area contributed by atoms with Gasteiger partial charge in [-0.25, -0.2) is 0 Å². The molecular weight excluding hydrogens is 280 g/mol. The van der Waals surface area contributed by atoms with Gasteiger partial charge in [-0.15, -0.1) is 11.3 Å². The normalized spacial score (nSPS) is 19.8. The van der Waals surface area contributed by atoms with Crippen molar-refractivity contribution in [2.75, 3.05) is 20.2 Å². The van der Waals surface area contributed by atoms with Crippen LogP contribution in [0.15, 0.2) is 6.07 Å². The molecule has 1 fully saturated rings. The van der Waals surface area contributed by atoms with E-state index in [1.807, 2.05) is 11.3 Å². The van der Waals surface area contributed by atoms with Crippen molar-refractivity contribution in [3.8, 4) is 0 Å². The van der Waals surface area contributed by atoms with Gasteiger partial charge in [0, 0.05) is 35.0 Å². The molecule has 120 valence electrons. The highest BCUT2D eigenvalue weighted by molar-refractivity contribution is 7.12. The summed E-state index contributed by atoms with van der Waals surface area (Å²) >= 11 is 1.89. The zero-order valence-corrected chi connectivity index (χ0v) is 14.8. The standard InChI is InChI=1S/C17H30N2OS/c1-13(2)18-11-17-10-15(14(3)21-17)12-20-9-7-16-6-5-8-19(16)4/h10,13,16,18H,5-9,11-12H2,1-4H3. The zero-order chi connectivity index (χ0) is 15.2. The van der Waals surface area contributed by atoms with E-state index in [1.165, 1.54) is 41.1 Å². The minimum Gasteiger partial charge on any atom is -0.377 e. The maximum absolute atomic E-state index is 5.91. The van der Waals surface area contributed by atoms with Gasteiger partial charge in [-0.3, -0.25) is 0 Å². The Morgan fingerprint density at radius 2 is 2.29 bits per heavy atom. The van der Waals surface area contributed by atoms with Crippen LogP contribution in [0.2, 0.25) is 0 Å². The molecule has 2 heterocycles. The number of nitrogens with one attached hydrogen (secondary N) is 1. The largest absolute Gasteiger partial charge is 0.377 e. The Morgan fingerprint density at radius 1 is 1.48 bits per heavy atom. The zero-order valence-electron chi connectivity index (χ0n) is 13.9. The predicted octanol–water partition coefficient (Wildman–Crippen LogP) is 3.56. The van der Waals surface area contributed by atoms with Gasteiger partial charge >= 0.3 is 0 Å². The maximum atomic E-state index is 5.91. The highest BCUT2D eigenvalue weighted by atomic mass is 32.1. The third kappa shape index (κ3) is 5.37. The molecule has 0 saturated carbocycles. The van der Waals surface area contributed by atoms with Gasteiger partial charge in [0.15, 0.2) is 0 Å². The molecular formula is C17H30N2OS. The summed E-state index contributed by atoms with van der Waals surface area (Å²) in [5.41, 5.74) is 1.36. The first-order valence-corrected chi connectivity index (χ1v) is 8.97. The van der Waals surface area contributed by atoms with Crippen molar-refractivity contribution < 1.29 is 4.74 Å². The molecule has 1 saturated heterocycles. The number of nitrogens with zero attached hydrogens (tertiary/aromatic N) is 1. The van der Waals surface area contributed by atoms with E-state index in [2.05, 4.69) is 44.1 Å². The summed E-state index contributed by atoms with van der Waals surface area (Å²) in [4.78, 5) is 5.28. The van der Waals surface area contributed by atoms with Crippen LogP contribution in [-0.2, 0) is 17.9 Å². The Balaban J connectivity index is 1.70. The fourth-order valence-electron chi connectivity index (χ4n) is 2.87. The van der Waals surface area contributed by atoms with Crippen LogP contribution < -0.4 is 5.32 Å². The van der Waals surface area contributed by atoms with Crippen molar-refractivity contribution in [2.45, 2.75) is 65.3 Å². The summed E-state index contributed by atoms with van der Waals surface area (Å²) in [6, 6.07) is 3.58. The molecule has 1 aromatic rings. The number of ether oxygens (including phenoxy) is 1. The van der Waals surface area contributed by atoms with Crippen LogP contribution in [0.4, 0.5) is 0 Å². The second kappa shape index (κ2) is 8.28. The summed E-state index contributed by atoms with van der Waals surface area (Å²) in [5.74, 6) is 0. The lowest BCUT2D eigenvalue weighted by Crippen LogP contribution is -2.26. The first-order valence-electron chi connectivity index (χ1n) is 8.16. The minimum absolute atomic E-state index is 0.538. The van der Waals surface area contributed by atoms with E-state index in [0.717, 1.165) is 25.8 Å². The van der Waals surface area contributed by atoms with Gasteiger partial charge in [0.2, 0.25) is 0 Å². The van der Waals surface area contributed by atoms with E-state index in [4.69, 9.17) is 4.74 Å². The Kier molecular flexibility index (Phi) is 6.68. The monoisotopic (exact) mass is 310 g/mol. The van der Waals surface area contributed by atoms with Crippen molar-refractivity contribution in [3.63, 3.8) is 0 Å². The summed E-state index contributed by atoms with van der Waals surface area (Å²) in [6.07, 6.45) is 3.85. The van der Waals surface area contributed by atoms with Crippen molar-refractivity contribution in [3.05, 3.63) is 21.4 Å². The highest BCUT2D eigenvalue weighted by Gasteiger charge is 2.20. The van der Waals surface area contributed by atoms with E-state index in [0.29, 0.717) is 6.04 Å². The molecule has 1 N–H and O–H groups in total. The van der Waals surface area contributed by atoms with Crippen LogP contribution in [0, 0.1) is 6.92 Å². The number of rotatable bonds is 8. The molecule has 0 amide bonds. The van der Waals surface area contributed by atoms with Gasteiger partial charge in [0.05, 0.1) is 6.61 Å². The number of hydrogen-bond donors (Lipinski definition) is 1. The second-order valence-corrected chi connectivity index (χ2v) is 7.79. The average molecular weight is 311 g/mol. The average Bonchev–Trinajstić information content (AvgIpc) is 2.99. The summed E-state index contributed by atoms with van der Waals surface area (Å²) in [6.45, 7) is 10.4. The first kappa shape index (κ1) is 16.9. The minimum atomic E-state index is 0.538. The predicted molar refractivity (Wildman–Crippen MR) is 91.0 cm³/mol. The molecule has 0 aromatic carbocycles. The number of aryl methyl sites for hydroxylation is 1. The van der Waals surface area contributed by atoms with Crippen molar-refractivity contribution >= 4 is 11.3 Å². The highest BCUT2D eigenvalue weighted by Crippen LogP contribution is 2.23. The van der Waals surface area contributed by atoms with Gasteiger partial charge in [0.25, 0.3) is 0 Å². The van der Waals surface area contributed by atoms with Crippen molar-refractivity contribution in [2.24, 2.45) is 0 Å². The van der Waals surface area contributed by atoms with Crippen LogP contribution in [0.5, 0.6) is 0 Å². The lowest BCUT2D eigenvalue weighted by molar-refractivity contribution is 0.101. The summed E-state index contributed by atoms with van der Waals surface area (Å²) < 4.78 is 5.91. The molecule has 2 rings (SSSR count). The second-order valence-electron chi connectivity index (χ2n) is 6.45. The molecule has 4 heteroatoms. The quantitative estimate of drug-likeness (QED) is 0.743. The Bertz CT molecular complexity index is 430. The van der Waals surface area contributed by atoms with Crippen LogP contribution in [0.1, 0.15) is 48.4 Å².